The van der Waals surface area contributed by atoms with E-state index in [2.05, 4.69) is 5.18 Å². The van der Waals surface area contributed by atoms with Gasteiger partial charge in [0.2, 0.25) is 0 Å². The normalized spacial score (nSPS) is 9.44. The Hall–Kier alpha value is -0.440. The number of nitrogens with zero attached hydrogens (tertiary/aromatic N) is 1. The minimum atomic E-state index is 0.463. The molecular formula is C6H14N2O. The lowest BCUT2D eigenvalue weighted by atomic mass is 10.2. The van der Waals surface area contributed by atoms with Crippen LogP contribution < -0.4 is 5.73 Å². The Morgan fingerprint density at radius 3 is 2.33 bits per heavy atom. The van der Waals surface area contributed by atoms with Crippen LogP contribution in [0.4, 0.5) is 0 Å². The molecular weight excluding hydrogens is 116 g/mol. The number of rotatable bonds is 6. The third kappa shape index (κ3) is 7.56. The van der Waals surface area contributed by atoms with E-state index in [4.69, 9.17) is 5.73 Å². The predicted octanol–water partition coefficient (Wildman–Crippen LogP) is 1.27. The second kappa shape index (κ2) is 7.56. The Morgan fingerprint density at radius 2 is 1.78 bits per heavy atom. The molecule has 0 aliphatic heterocycles. The maximum Gasteiger partial charge on any atom is 0.0811 e. The van der Waals surface area contributed by atoms with Crippen LogP contribution in [0.15, 0.2) is 5.18 Å². The topological polar surface area (TPSA) is 55.4 Å². The molecule has 0 saturated heterocycles. The van der Waals surface area contributed by atoms with Gasteiger partial charge in [-0.3, -0.25) is 0 Å². The first-order chi connectivity index (χ1) is 4.41. The molecule has 0 spiro atoms. The maximum absolute atomic E-state index is 9.56. The minimum absolute atomic E-state index is 0.463. The van der Waals surface area contributed by atoms with Crippen LogP contribution in [0.25, 0.3) is 0 Å². The molecule has 0 aromatic carbocycles. The Morgan fingerprint density at radius 1 is 1.11 bits per heavy atom. The first-order valence-corrected chi connectivity index (χ1v) is 3.41. The van der Waals surface area contributed by atoms with Crippen molar-refractivity contribution in [3.8, 4) is 0 Å². The summed E-state index contributed by atoms with van der Waals surface area (Å²) in [6, 6.07) is 0. The Balaban J connectivity index is 2.66. The molecule has 0 atom stereocenters. The summed E-state index contributed by atoms with van der Waals surface area (Å²) in [6.07, 6.45) is 4.21. The number of hydrogen-bond donors (Lipinski definition) is 1. The van der Waals surface area contributed by atoms with Crippen molar-refractivity contribution < 1.29 is 0 Å². The quantitative estimate of drug-likeness (QED) is 0.435. The van der Waals surface area contributed by atoms with Crippen LogP contribution >= 0.6 is 0 Å². The average Bonchev–Trinajstić information content (AvgIpc) is 1.89. The molecule has 0 rings (SSSR count). The molecule has 54 valence electrons. The first-order valence-electron chi connectivity index (χ1n) is 3.41. The van der Waals surface area contributed by atoms with Gasteiger partial charge < -0.3 is 5.73 Å². The molecule has 0 radical (unpaired) electrons. The SMILES string of the molecule is NCCCCCCN=O. The van der Waals surface area contributed by atoms with E-state index in [0.29, 0.717) is 6.54 Å². The molecule has 3 heteroatoms. The monoisotopic (exact) mass is 130 g/mol. The van der Waals surface area contributed by atoms with E-state index in [9.17, 15) is 4.91 Å². The van der Waals surface area contributed by atoms with E-state index in [0.717, 1.165) is 32.2 Å². The van der Waals surface area contributed by atoms with Crippen molar-refractivity contribution in [2.24, 2.45) is 10.9 Å². The van der Waals surface area contributed by atoms with E-state index in [1.807, 2.05) is 0 Å². The molecule has 0 amide bonds. The van der Waals surface area contributed by atoms with Gasteiger partial charge in [-0.2, -0.15) is 4.91 Å². The molecule has 0 aliphatic carbocycles. The molecule has 0 fully saturated rings. The van der Waals surface area contributed by atoms with Gasteiger partial charge in [0, 0.05) is 0 Å². The summed E-state index contributed by atoms with van der Waals surface area (Å²) in [5.74, 6) is 0. The largest absolute Gasteiger partial charge is 0.330 e. The van der Waals surface area contributed by atoms with Crippen LogP contribution in [0.3, 0.4) is 0 Å². The van der Waals surface area contributed by atoms with E-state index in [-0.39, 0.29) is 0 Å². The van der Waals surface area contributed by atoms with Gasteiger partial charge in [0.1, 0.15) is 0 Å². The molecule has 0 unspecified atom stereocenters. The summed E-state index contributed by atoms with van der Waals surface area (Å²) in [5, 5.41) is 2.75. The Labute approximate surface area is 55.6 Å². The molecule has 0 aromatic heterocycles. The van der Waals surface area contributed by atoms with Crippen molar-refractivity contribution >= 4 is 0 Å². The lowest BCUT2D eigenvalue weighted by molar-refractivity contribution is 0.652. The van der Waals surface area contributed by atoms with Crippen molar-refractivity contribution in [3.63, 3.8) is 0 Å². The third-order valence-corrected chi connectivity index (χ3v) is 1.20. The summed E-state index contributed by atoms with van der Waals surface area (Å²) in [5.41, 5.74) is 5.26. The highest BCUT2D eigenvalue weighted by Crippen LogP contribution is 1.97. The minimum Gasteiger partial charge on any atom is -0.330 e. The maximum atomic E-state index is 9.56. The molecule has 0 heterocycles. The fourth-order valence-corrected chi connectivity index (χ4v) is 0.674. The van der Waals surface area contributed by atoms with Crippen LogP contribution in [0, 0.1) is 4.91 Å². The summed E-state index contributed by atoms with van der Waals surface area (Å²) in [4.78, 5) is 9.56. The standard InChI is InChI=1S/C6H14N2O/c7-5-3-1-2-4-6-8-9/h1-7H2. The van der Waals surface area contributed by atoms with Gasteiger partial charge in [0.05, 0.1) is 6.54 Å². The Kier molecular flexibility index (Phi) is 7.19. The zero-order chi connectivity index (χ0) is 6.95. The van der Waals surface area contributed by atoms with Gasteiger partial charge in [-0.1, -0.05) is 18.0 Å². The summed E-state index contributed by atoms with van der Waals surface area (Å²) >= 11 is 0. The molecule has 0 aromatic rings. The number of nitroso groups, excluding NO2 is 1. The fourth-order valence-electron chi connectivity index (χ4n) is 0.674. The predicted molar refractivity (Wildman–Crippen MR) is 38.2 cm³/mol. The van der Waals surface area contributed by atoms with Crippen LogP contribution in [-0.4, -0.2) is 13.1 Å². The molecule has 2 N–H and O–H groups in total. The van der Waals surface area contributed by atoms with E-state index in [1.165, 1.54) is 0 Å². The van der Waals surface area contributed by atoms with Crippen molar-refractivity contribution in [1.29, 1.82) is 0 Å². The third-order valence-electron chi connectivity index (χ3n) is 1.20. The summed E-state index contributed by atoms with van der Waals surface area (Å²) < 4.78 is 0. The van der Waals surface area contributed by atoms with Gasteiger partial charge in [-0.05, 0) is 19.4 Å². The highest BCUT2D eigenvalue weighted by atomic mass is 16.3. The van der Waals surface area contributed by atoms with Crippen LogP contribution in [0.5, 0.6) is 0 Å². The fraction of sp³-hybridized carbons (Fsp3) is 1.00. The number of unbranched alkanes of at least 4 members (excludes halogenated alkanes) is 3. The van der Waals surface area contributed by atoms with Gasteiger partial charge in [0.25, 0.3) is 0 Å². The molecule has 3 nitrogen and oxygen atoms in total. The molecule has 0 bridgehead atoms. The molecule has 9 heavy (non-hydrogen) atoms. The van der Waals surface area contributed by atoms with E-state index in [1.54, 1.807) is 0 Å². The highest BCUT2D eigenvalue weighted by molar-refractivity contribution is 4.45. The van der Waals surface area contributed by atoms with Crippen LogP contribution in [-0.2, 0) is 0 Å². The lowest BCUT2D eigenvalue weighted by Gasteiger charge is -1.93. The average molecular weight is 130 g/mol. The second-order valence-electron chi connectivity index (χ2n) is 2.06. The van der Waals surface area contributed by atoms with Gasteiger partial charge in [-0.25, -0.2) is 0 Å². The lowest BCUT2D eigenvalue weighted by Crippen LogP contribution is -1.97. The second-order valence-corrected chi connectivity index (χ2v) is 2.06. The van der Waals surface area contributed by atoms with Crippen molar-refractivity contribution in [1.82, 2.24) is 0 Å². The van der Waals surface area contributed by atoms with Gasteiger partial charge >= 0.3 is 0 Å². The zero-order valence-electron chi connectivity index (χ0n) is 5.68. The summed E-state index contributed by atoms with van der Waals surface area (Å²) in [7, 11) is 0. The van der Waals surface area contributed by atoms with Crippen molar-refractivity contribution in [2.75, 3.05) is 13.1 Å². The highest BCUT2D eigenvalue weighted by Gasteiger charge is 1.86. The van der Waals surface area contributed by atoms with Crippen LogP contribution in [0.2, 0.25) is 0 Å². The molecule has 0 saturated carbocycles. The smallest absolute Gasteiger partial charge is 0.0811 e. The van der Waals surface area contributed by atoms with Crippen molar-refractivity contribution in [3.05, 3.63) is 4.91 Å². The summed E-state index contributed by atoms with van der Waals surface area (Å²) in [6.45, 7) is 1.22. The first kappa shape index (κ1) is 8.56. The Bertz CT molecular complexity index is 66.1. The zero-order valence-corrected chi connectivity index (χ0v) is 5.68. The van der Waals surface area contributed by atoms with E-state index < -0.39 is 0 Å². The van der Waals surface area contributed by atoms with Gasteiger partial charge in [0.15, 0.2) is 0 Å². The van der Waals surface area contributed by atoms with E-state index >= 15 is 0 Å². The van der Waals surface area contributed by atoms with Gasteiger partial charge in [-0.15, -0.1) is 0 Å². The van der Waals surface area contributed by atoms with Crippen LogP contribution in [0.1, 0.15) is 25.7 Å². The number of nitrogens with two attached hydrogens (primary N) is 1. The number of hydrogen-bond acceptors (Lipinski definition) is 3. The van der Waals surface area contributed by atoms with Crippen molar-refractivity contribution in [2.45, 2.75) is 25.7 Å². The molecule has 0 aliphatic rings.